The number of nitrogens with one attached hydrogen (secondary N) is 2. The van der Waals surface area contributed by atoms with E-state index in [1.807, 2.05) is 0 Å². The quantitative estimate of drug-likeness (QED) is 0.802. The van der Waals surface area contributed by atoms with Gasteiger partial charge in [0.1, 0.15) is 6.10 Å². The summed E-state index contributed by atoms with van der Waals surface area (Å²) in [7, 11) is 1.32. The van der Waals surface area contributed by atoms with Crippen LogP contribution in [-0.4, -0.2) is 41.9 Å². The first-order chi connectivity index (χ1) is 12.2. The van der Waals surface area contributed by atoms with Crippen LogP contribution in [0.4, 0.5) is 17.3 Å². The summed E-state index contributed by atoms with van der Waals surface area (Å²) < 4.78 is 10.1. The molecule has 1 atom stereocenters. The molecular weight excluding hydrogens is 324 g/mol. The topological polar surface area (TPSA) is 102 Å². The van der Waals surface area contributed by atoms with Crippen molar-refractivity contribution in [2.45, 2.75) is 18.9 Å². The molecule has 1 aromatic carbocycles. The van der Waals surface area contributed by atoms with Gasteiger partial charge in [0, 0.05) is 6.61 Å². The predicted octanol–water partition coefficient (Wildman–Crippen LogP) is 2.12. The van der Waals surface area contributed by atoms with Gasteiger partial charge in [-0.05, 0) is 37.1 Å². The molecule has 0 radical (unpaired) electrons. The number of carbonyl (C=O) groups excluding carboxylic acids is 2. The number of carbonyl (C=O) groups is 2. The van der Waals surface area contributed by atoms with E-state index in [4.69, 9.17) is 9.47 Å². The average molecular weight is 342 g/mol. The van der Waals surface area contributed by atoms with Crippen molar-refractivity contribution < 1.29 is 19.1 Å². The molecule has 130 valence electrons. The lowest BCUT2D eigenvalue weighted by atomic mass is 10.2. The van der Waals surface area contributed by atoms with Crippen molar-refractivity contribution >= 4 is 29.2 Å². The zero-order chi connectivity index (χ0) is 17.6. The van der Waals surface area contributed by atoms with Gasteiger partial charge < -0.3 is 20.1 Å². The second-order valence-electron chi connectivity index (χ2n) is 5.46. The first-order valence-corrected chi connectivity index (χ1v) is 7.88. The van der Waals surface area contributed by atoms with E-state index >= 15 is 0 Å². The monoisotopic (exact) mass is 342 g/mol. The highest BCUT2D eigenvalue weighted by Crippen LogP contribution is 2.20. The smallest absolute Gasteiger partial charge is 0.339 e. The van der Waals surface area contributed by atoms with Crippen molar-refractivity contribution in [3.8, 4) is 0 Å². The number of anilines is 3. The third-order valence-corrected chi connectivity index (χ3v) is 3.73. The molecule has 2 aromatic rings. The molecule has 8 heteroatoms. The predicted molar refractivity (Wildman–Crippen MR) is 90.7 cm³/mol. The second kappa shape index (κ2) is 7.71. The van der Waals surface area contributed by atoms with Crippen LogP contribution in [-0.2, 0) is 14.3 Å². The number of hydrogen-bond donors (Lipinski definition) is 2. The molecular formula is C17H18N4O4. The van der Waals surface area contributed by atoms with E-state index in [1.165, 1.54) is 7.11 Å². The molecule has 1 aromatic heterocycles. The number of ether oxygens (including phenoxy) is 2. The number of benzene rings is 1. The van der Waals surface area contributed by atoms with Gasteiger partial charge in [-0.2, -0.15) is 0 Å². The molecule has 0 aliphatic carbocycles. The highest BCUT2D eigenvalue weighted by atomic mass is 16.5. The Labute approximate surface area is 144 Å². The summed E-state index contributed by atoms with van der Waals surface area (Å²) in [5, 5.41) is 13.7. The van der Waals surface area contributed by atoms with Crippen LogP contribution in [0.5, 0.6) is 0 Å². The fourth-order valence-electron chi connectivity index (χ4n) is 2.47. The van der Waals surface area contributed by atoms with Crippen molar-refractivity contribution in [2.75, 3.05) is 24.4 Å². The first-order valence-electron chi connectivity index (χ1n) is 7.88. The van der Waals surface area contributed by atoms with Gasteiger partial charge in [-0.15, -0.1) is 10.2 Å². The Morgan fingerprint density at radius 1 is 1.16 bits per heavy atom. The maximum absolute atomic E-state index is 12.0. The molecule has 0 saturated carbocycles. The van der Waals surface area contributed by atoms with Gasteiger partial charge in [0.2, 0.25) is 0 Å². The number of amides is 1. The normalized spacial score (nSPS) is 16.3. The minimum atomic E-state index is -0.448. The summed E-state index contributed by atoms with van der Waals surface area (Å²) >= 11 is 0. The van der Waals surface area contributed by atoms with Crippen LogP contribution >= 0.6 is 0 Å². The maximum atomic E-state index is 12.0. The Morgan fingerprint density at radius 2 is 1.92 bits per heavy atom. The zero-order valence-corrected chi connectivity index (χ0v) is 13.7. The molecule has 1 fully saturated rings. The van der Waals surface area contributed by atoms with Crippen LogP contribution in [0.2, 0.25) is 0 Å². The zero-order valence-electron chi connectivity index (χ0n) is 13.7. The first kappa shape index (κ1) is 16.8. The number of nitrogens with zero attached hydrogens (tertiary/aromatic N) is 2. The van der Waals surface area contributed by atoms with E-state index in [2.05, 4.69) is 20.8 Å². The van der Waals surface area contributed by atoms with Crippen molar-refractivity contribution in [2.24, 2.45) is 0 Å². The van der Waals surface area contributed by atoms with E-state index in [-0.39, 0.29) is 5.91 Å². The van der Waals surface area contributed by atoms with E-state index < -0.39 is 12.1 Å². The number of rotatable bonds is 5. The van der Waals surface area contributed by atoms with Gasteiger partial charge in [0.05, 0.1) is 18.4 Å². The number of esters is 1. The van der Waals surface area contributed by atoms with E-state index in [0.29, 0.717) is 35.9 Å². The lowest BCUT2D eigenvalue weighted by Crippen LogP contribution is -2.27. The Bertz CT molecular complexity index is 757. The molecule has 0 spiro atoms. The van der Waals surface area contributed by atoms with Crippen LogP contribution in [0.15, 0.2) is 36.4 Å². The highest BCUT2D eigenvalue weighted by molar-refractivity contribution is 5.96. The minimum absolute atomic E-state index is 0.219. The van der Waals surface area contributed by atoms with Gasteiger partial charge in [0.15, 0.2) is 11.6 Å². The van der Waals surface area contributed by atoms with Gasteiger partial charge in [-0.3, -0.25) is 4.79 Å². The molecule has 1 aliphatic rings. The molecule has 2 heterocycles. The van der Waals surface area contributed by atoms with Crippen molar-refractivity contribution in [1.29, 1.82) is 0 Å². The molecule has 1 aliphatic heterocycles. The fourth-order valence-corrected chi connectivity index (χ4v) is 2.47. The molecule has 1 unspecified atom stereocenters. The third-order valence-electron chi connectivity index (χ3n) is 3.73. The number of hydrogen-bond acceptors (Lipinski definition) is 7. The van der Waals surface area contributed by atoms with E-state index in [1.54, 1.807) is 36.4 Å². The van der Waals surface area contributed by atoms with Crippen molar-refractivity contribution in [3.05, 3.63) is 42.0 Å². The van der Waals surface area contributed by atoms with Crippen molar-refractivity contribution in [3.63, 3.8) is 0 Å². The Balaban J connectivity index is 1.67. The summed E-state index contributed by atoms with van der Waals surface area (Å²) in [5.74, 6) is 0.110. The summed E-state index contributed by atoms with van der Waals surface area (Å²) in [6.45, 7) is 0.603. The summed E-state index contributed by atoms with van der Waals surface area (Å²) in [5.41, 5.74) is 0.947. The molecule has 8 nitrogen and oxygen atoms in total. The molecule has 1 saturated heterocycles. The summed E-state index contributed by atoms with van der Waals surface area (Å²) in [6.07, 6.45) is 1.17. The largest absolute Gasteiger partial charge is 0.465 e. The molecule has 1 amide bonds. The molecule has 2 N–H and O–H groups in total. The Hall–Kier alpha value is -3.00. The molecule has 25 heavy (non-hydrogen) atoms. The lowest BCUT2D eigenvalue weighted by molar-refractivity contribution is -0.124. The van der Waals surface area contributed by atoms with Crippen LogP contribution in [0.25, 0.3) is 0 Å². The average Bonchev–Trinajstić information content (AvgIpc) is 3.18. The Morgan fingerprint density at radius 3 is 2.60 bits per heavy atom. The van der Waals surface area contributed by atoms with Gasteiger partial charge in [0.25, 0.3) is 5.91 Å². The molecule has 3 rings (SSSR count). The van der Waals surface area contributed by atoms with Crippen LogP contribution in [0.1, 0.15) is 23.2 Å². The number of methoxy groups -OCH3 is 1. The highest BCUT2D eigenvalue weighted by Gasteiger charge is 2.23. The van der Waals surface area contributed by atoms with Gasteiger partial charge >= 0.3 is 5.97 Å². The van der Waals surface area contributed by atoms with Crippen LogP contribution < -0.4 is 10.6 Å². The Kier molecular flexibility index (Phi) is 5.20. The van der Waals surface area contributed by atoms with Crippen LogP contribution in [0.3, 0.4) is 0 Å². The SMILES string of the molecule is COC(=O)c1ccccc1Nc1ccc(NC(=O)C2CCCO2)nn1. The molecule has 0 bridgehead atoms. The lowest BCUT2D eigenvalue weighted by Gasteiger charge is -2.11. The summed E-state index contributed by atoms with van der Waals surface area (Å²) in [4.78, 5) is 23.7. The third kappa shape index (κ3) is 4.10. The van der Waals surface area contributed by atoms with E-state index in [9.17, 15) is 9.59 Å². The van der Waals surface area contributed by atoms with E-state index in [0.717, 1.165) is 6.42 Å². The standard InChI is InChI=1S/C17H18N4O4/c1-24-17(23)11-5-2-3-6-12(11)18-14-8-9-15(21-20-14)19-16(22)13-7-4-10-25-13/h2-3,5-6,8-9,13H,4,7,10H2,1H3,(H,18,20)(H,19,21,22). The van der Waals surface area contributed by atoms with Crippen molar-refractivity contribution in [1.82, 2.24) is 10.2 Å². The number of aromatic nitrogens is 2. The van der Waals surface area contributed by atoms with Crippen LogP contribution in [0, 0.1) is 0 Å². The maximum Gasteiger partial charge on any atom is 0.339 e. The second-order valence-corrected chi connectivity index (χ2v) is 5.46. The minimum Gasteiger partial charge on any atom is -0.465 e. The fraction of sp³-hybridized carbons (Fsp3) is 0.294. The summed E-state index contributed by atoms with van der Waals surface area (Å²) in [6, 6.07) is 10.2. The van der Waals surface area contributed by atoms with Gasteiger partial charge in [-0.25, -0.2) is 4.79 Å². The number of para-hydroxylation sites is 1. The van der Waals surface area contributed by atoms with Gasteiger partial charge in [-0.1, -0.05) is 12.1 Å².